The van der Waals surface area contributed by atoms with Gasteiger partial charge in [0.15, 0.2) is 0 Å². The molecule has 6 nitrogen and oxygen atoms in total. The molecule has 0 spiro atoms. The fraction of sp³-hybridized carbons (Fsp3) is 0.474. The molecule has 144 valence electrons. The maximum absolute atomic E-state index is 12.1. The molecule has 0 atom stereocenters. The van der Waals surface area contributed by atoms with Crippen LogP contribution in [0.5, 0.6) is 0 Å². The first kappa shape index (κ1) is 19.8. The number of aryl methyl sites for hydroxylation is 1. The average molecular weight is 407 g/mol. The summed E-state index contributed by atoms with van der Waals surface area (Å²) in [5.41, 5.74) is 1.57. The van der Waals surface area contributed by atoms with Crippen LogP contribution in [-0.4, -0.2) is 22.0 Å². The van der Waals surface area contributed by atoms with E-state index in [0.29, 0.717) is 21.8 Å². The van der Waals surface area contributed by atoms with Gasteiger partial charge in [-0.25, -0.2) is 0 Å². The summed E-state index contributed by atoms with van der Waals surface area (Å²) in [5.74, 6) is -0.00215. The Morgan fingerprint density at radius 1 is 1.11 bits per heavy atom. The molecule has 3 rings (SSSR count). The van der Waals surface area contributed by atoms with Crippen LogP contribution in [0, 0.1) is 6.92 Å². The van der Waals surface area contributed by atoms with Crippen molar-refractivity contribution in [2.45, 2.75) is 57.8 Å². The lowest BCUT2D eigenvalue weighted by Crippen LogP contribution is -2.17. The molecule has 2 N–H and O–H groups in total. The molecule has 0 bridgehead atoms. The largest absolute Gasteiger partial charge is 0.326 e. The van der Waals surface area contributed by atoms with Gasteiger partial charge in [0.2, 0.25) is 16.9 Å². The summed E-state index contributed by atoms with van der Waals surface area (Å²) in [6.45, 7) is 1.89. The third-order valence-corrected chi connectivity index (χ3v) is 6.08. The van der Waals surface area contributed by atoms with Crippen LogP contribution in [0.25, 0.3) is 0 Å². The second-order valence-corrected chi connectivity index (χ2v) is 8.26. The Labute approximate surface area is 167 Å². The molecule has 0 saturated heterocycles. The minimum atomic E-state index is -0.238. The fourth-order valence-electron chi connectivity index (χ4n) is 3.10. The Hall–Kier alpha value is -1.99. The van der Waals surface area contributed by atoms with E-state index in [-0.39, 0.29) is 24.7 Å². The predicted octanol–water partition coefficient (Wildman–Crippen LogP) is 4.91. The summed E-state index contributed by atoms with van der Waals surface area (Å²) in [6.07, 6.45) is 6.21. The van der Waals surface area contributed by atoms with Crippen LogP contribution < -0.4 is 10.6 Å². The SMILES string of the molecule is Cc1ccc(NC(=O)CCC(=O)Nc2nnc(C3CCCCC3)s2)cc1Cl. The zero-order valence-corrected chi connectivity index (χ0v) is 16.8. The topological polar surface area (TPSA) is 84.0 Å². The van der Waals surface area contributed by atoms with Crippen LogP contribution in [0.15, 0.2) is 18.2 Å². The van der Waals surface area contributed by atoms with Gasteiger partial charge < -0.3 is 10.6 Å². The molecule has 1 saturated carbocycles. The maximum atomic E-state index is 12.1. The number of carbonyl (C=O) groups is 2. The first-order valence-corrected chi connectivity index (χ1v) is 10.4. The molecular formula is C19H23ClN4O2S. The Bertz CT molecular complexity index is 818. The highest BCUT2D eigenvalue weighted by Crippen LogP contribution is 2.35. The first-order valence-electron chi connectivity index (χ1n) is 9.20. The maximum Gasteiger partial charge on any atom is 0.226 e. The molecule has 1 aromatic heterocycles. The summed E-state index contributed by atoms with van der Waals surface area (Å²) < 4.78 is 0. The molecule has 0 radical (unpaired) electrons. The number of nitrogens with one attached hydrogen (secondary N) is 2. The summed E-state index contributed by atoms with van der Waals surface area (Å²) >= 11 is 7.48. The van der Waals surface area contributed by atoms with E-state index in [4.69, 9.17) is 11.6 Å². The number of hydrogen-bond acceptors (Lipinski definition) is 5. The zero-order chi connectivity index (χ0) is 19.2. The van der Waals surface area contributed by atoms with E-state index in [1.54, 1.807) is 12.1 Å². The van der Waals surface area contributed by atoms with Crippen molar-refractivity contribution in [3.63, 3.8) is 0 Å². The summed E-state index contributed by atoms with van der Waals surface area (Å²) in [6, 6.07) is 5.32. The Balaban J connectivity index is 1.44. The van der Waals surface area contributed by atoms with E-state index in [1.807, 2.05) is 13.0 Å². The van der Waals surface area contributed by atoms with Gasteiger partial charge in [-0.1, -0.05) is 48.3 Å². The van der Waals surface area contributed by atoms with Crippen LogP contribution in [-0.2, 0) is 9.59 Å². The molecule has 2 aromatic rings. The first-order chi connectivity index (χ1) is 13.0. The van der Waals surface area contributed by atoms with Gasteiger partial charge in [0, 0.05) is 29.5 Å². The van der Waals surface area contributed by atoms with E-state index >= 15 is 0 Å². The van der Waals surface area contributed by atoms with E-state index in [1.165, 1.54) is 30.6 Å². The number of anilines is 2. The smallest absolute Gasteiger partial charge is 0.226 e. The standard InChI is InChI=1S/C19H23ClN4O2S/c1-12-7-8-14(11-15(12)20)21-16(25)9-10-17(26)22-19-24-23-18(27-19)13-5-3-2-4-6-13/h7-8,11,13H,2-6,9-10H2,1H3,(H,21,25)(H,22,24,26). The molecule has 2 amide bonds. The number of nitrogens with zero attached hydrogens (tertiary/aromatic N) is 2. The van der Waals surface area contributed by atoms with E-state index < -0.39 is 0 Å². The number of amides is 2. The van der Waals surface area contributed by atoms with Crippen molar-refractivity contribution in [1.82, 2.24) is 10.2 Å². The Morgan fingerprint density at radius 2 is 1.81 bits per heavy atom. The second kappa shape index (κ2) is 9.28. The summed E-state index contributed by atoms with van der Waals surface area (Å²) in [5, 5.41) is 15.9. The summed E-state index contributed by atoms with van der Waals surface area (Å²) in [4.78, 5) is 24.1. The lowest BCUT2D eigenvalue weighted by atomic mass is 9.90. The van der Waals surface area contributed by atoms with Crippen molar-refractivity contribution in [2.75, 3.05) is 10.6 Å². The fourth-order valence-corrected chi connectivity index (χ4v) is 4.21. The Morgan fingerprint density at radius 3 is 2.52 bits per heavy atom. The Kier molecular flexibility index (Phi) is 6.79. The number of carbonyl (C=O) groups excluding carboxylic acids is 2. The molecule has 1 heterocycles. The van der Waals surface area contributed by atoms with Crippen molar-refractivity contribution in [3.8, 4) is 0 Å². The van der Waals surface area contributed by atoms with Crippen LogP contribution in [0.3, 0.4) is 0 Å². The van der Waals surface area contributed by atoms with E-state index in [0.717, 1.165) is 23.4 Å². The molecule has 1 fully saturated rings. The van der Waals surface area contributed by atoms with Crippen LogP contribution in [0.4, 0.5) is 10.8 Å². The van der Waals surface area contributed by atoms with Gasteiger partial charge in [0.1, 0.15) is 5.01 Å². The number of rotatable bonds is 6. The molecular weight excluding hydrogens is 384 g/mol. The number of aromatic nitrogens is 2. The molecule has 1 aromatic carbocycles. The second-order valence-electron chi connectivity index (χ2n) is 6.84. The molecule has 27 heavy (non-hydrogen) atoms. The normalized spacial score (nSPS) is 14.7. The quantitative estimate of drug-likeness (QED) is 0.714. The van der Waals surface area contributed by atoms with Crippen molar-refractivity contribution in [1.29, 1.82) is 0 Å². The van der Waals surface area contributed by atoms with Crippen molar-refractivity contribution < 1.29 is 9.59 Å². The van der Waals surface area contributed by atoms with Gasteiger partial charge in [-0.2, -0.15) is 0 Å². The number of halogens is 1. The molecule has 1 aliphatic rings. The third kappa shape index (κ3) is 5.74. The van der Waals surface area contributed by atoms with Crippen molar-refractivity contribution in [3.05, 3.63) is 33.8 Å². The van der Waals surface area contributed by atoms with E-state index in [9.17, 15) is 9.59 Å². The van der Waals surface area contributed by atoms with Gasteiger partial charge in [-0.3, -0.25) is 9.59 Å². The molecule has 1 aliphatic carbocycles. The van der Waals surface area contributed by atoms with Crippen molar-refractivity contribution >= 4 is 45.6 Å². The highest BCUT2D eigenvalue weighted by atomic mass is 35.5. The monoisotopic (exact) mass is 406 g/mol. The average Bonchev–Trinajstić information content (AvgIpc) is 3.12. The highest BCUT2D eigenvalue weighted by Gasteiger charge is 2.20. The lowest BCUT2D eigenvalue weighted by Gasteiger charge is -2.18. The van der Waals surface area contributed by atoms with Crippen LogP contribution >= 0.6 is 22.9 Å². The van der Waals surface area contributed by atoms with Gasteiger partial charge in [-0.05, 0) is 37.5 Å². The minimum absolute atomic E-state index is 0.0871. The molecule has 0 unspecified atom stereocenters. The third-order valence-electron chi connectivity index (χ3n) is 4.68. The van der Waals surface area contributed by atoms with Crippen LogP contribution in [0.1, 0.15) is 61.4 Å². The van der Waals surface area contributed by atoms with Crippen LogP contribution in [0.2, 0.25) is 5.02 Å². The molecule has 0 aliphatic heterocycles. The number of benzene rings is 1. The predicted molar refractivity (Wildman–Crippen MR) is 108 cm³/mol. The lowest BCUT2D eigenvalue weighted by molar-refractivity contribution is -0.121. The van der Waals surface area contributed by atoms with Gasteiger partial charge in [0.05, 0.1) is 0 Å². The van der Waals surface area contributed by atoms with Gasteiger partial charge >= 0.3 is 0 Å². The van der Waals surface area contributed by atoms with Gasteiger partial charge in [-0.15, -0.1) is 10.2 Å². The van der Waals surface area contributed by atoms with Crippen molar-refractivity contribution in [2.24, 2.45) is 0 Å². The summed E-state index contributed by atoms with van der Waals surface area (Å²) in [7, 11) is 0. The molecule has 8 heteroatoms. The zero-order valence-electron chi connectivity index (χ0n) is 15.3. The minimum Gasteiger partial charge on any atom is -0.326 e. The number of hydrogen-bond donors (Lipinski definition) is 2. The van der Waals surface area contributed by atoms with E-state index in [2.05, 4.69) is 20.8 Å². The highest BCUT2D eigenvalue weighted by molar-refractivity contribution is 7.15. The van der Waals surface area contributed by atoms with Gasteiger partial charge in [0.25, 0.3) is 0 Å².